The van der Waals surface area contributed by atoms with Crippen LogP contribution in [0.15, 0.2) is 66.7 Å². The maximum atomic E-state index is 14.1. The molecule has 17 nitrogen and oxygen atoms in total. The Morgan fingerprint density at radius 3 is 2.38 bits per heavy atom. The number of amides is 6. The van der Waals surface area contributed by atoms with E-state index in [0.717, 1.165) is 54.1 Å². The Kier molecular flexibility index (Phi) is 9.80. The zero-order valence-corrected chi connectivity index (χ0v) is 36.1. The van der Waals surface area contributed by atoms with Gasteiger partial charge in [0.25, 0.3) is 17.7 Å². The van der Waals surface area contributed by atoms with E-state index in [9.17, 15) is 28.8 Å². The summed E-state index contributed by atoms with van der Waals surface area (Å²) < 4.78 is 29.8. The van der Waals surface area contributed by atoms with Gasteiger partial charge in [-0.3, -0.25) is 39.0 Å². The number of nitrogens with zero attached hydrogens (tertiary/aromatic N) is 4. The van der Waals surface area contributed by atoms with Crippen LogP contribution in [0.2, 0.25) is 0 Å². The summed E-state index contributed by atoms with van der Waals surface area (Å²) in [6.45, 7) is 3.74. The molecule has 17 heteroatoms. The summed E-state index contributed by atoms with van der Waals surface area (Å²) in [7, 11) is 3.48. The van der Waals surface area contributed by atoms with E-state index in [2.05, 4.69) is 49.4 Å². The second-order valence-electron chi connectivity index (χ2n) is 17.4. The van der Waals surface area contributed by atoms with Gasteiger partial charge in [-0.2, -0.15) is 0 Å². The number of para-hydroxylation sites is 2. The Labute approximate surface area is 371 Å². The number of carbonyl (C=O) groups is 6. The van der Waals surface area contributed by atoms with Crippen LogP contribution in [-0.4, -0.2) is 120 Å². The molecule has 2 bridgehead atoms. The summed E-state index contributed by atoms with van der Waals surface area (Å²) >= 11 is 0. The number of ether oxygens (including phenoxy) is 4. The molecule has 2 saturated heterocycles. The Hall–Kier alpha value is -6.66. The molecule has 2 fully saturated rings. The van der Waals surface area contributed by atoms with Gasteiger partial charge in [-0.05, 0) is 43.2 Å². The highest BCUT2D eigenvalue weighted by Crippen LogP contribution is 2.54. The molecule has 334 valence electrons. The molecule has 5 aliphatic rings. The highest BCUT2D eigenvalue weighted by atomic mass is 16.6. The Morgan fingerprint density at radius 2 is 1.62 bits per heavy atom. The lowest BCUT2D eigenvalue weighted by Gasteiger charge is -2.50. The van der Waals surface area contributed by atoms with Crippen molar-refractivity contribution >= 4 is 84.7 Å². The predicted octanol–water partition coefficient (Wildman–Crippen LogP) is 4.53. The predicted molar refractivity (Wildman–Crippen MR) is 237 cm³/mol. The molecule has 0 radical (unpaired) electrons. The molecule has 6 aromatic rings. The monoisotopic (exact) mass is 881 g/mol. The number of nitrogens with one attached hydrogen (secondary N) is 3. The van der Waals surface area contributed by atoms with E-state index < -0.39 is 53.8 Å². The minimum Gasteiger partial charge on any atom is -0.382 e. The van der Waals surface area contributed by atoms with Crippen LogP contribution < -0.4 is 16.0 Å². The van der Waals surface area contributed by atoms with Crippen molar-refractivity contribution in [3.8, 4) is 0 Å². The van der Waals surface area contributed by atoms with Gasteiger partial charge in [0.2, 0.25) is 17.7 Å². The van der Waals surface area contributed by atoms with Crippen molar-refractivity contribution in [1.29, 1.82) is 0 Å². The number of aromatic nitrogens is 2. The van der Waals surface area contributed by atoms with Crippen molar-refractivity contribution in [3.05, 3.63) is 89.0 Å². The average molecular weight is 882 g/mol. The molecule has 7 heterocycles. The number of likely N-dealkylation sites (N-methyl/N-ethyl adjacent to an activating group) is 1. The van der Waals surface area contributed by atoms with E-state index in [4.69, 9.17) is 18.9 Å². The third-order valence-corrected chi connectivity index (χ3v) is 14.0. The second-order valence-corrected chi connectivity index (χ2v) is 17.4. The number of carbonyl (C=O) groups excluding carboxylic acids is 6. The maximum absolute atomic E-state index is 14.1. The SMILES string of the molecule is CO[C@@H]1[C@H](N(C)C(=O)CCOCCOCCNc2cccc3c2C(=O)N(C2CCC(=O)NC2=O)C3=O)C[C@H]2O[C@]1(C)n1c3ccccc3c3c4c(c5c6ccccc6n2c5c31)C(=O)NC4. The highest BCUT2D eigenvalue weighted by molar-refractivity contribution is 6.31. The van der Waals surface area contributed by atoms with Crippen molar-refractivity contribution in [2.75, 3.05) is 52.4 Å². The number of piperidine rings is 1. The summed E-state index contributed by atoms with van der Waals surface area (Å²) in [6.07, 6.45) is -0.385. The molecule has 4 aromatic carbocycles. The lowest BCUT2D eigenvalue weighted by Crippen LogP contribution is -2.61. The molecule has 11 rings (SSSR count). The maximum Gasteiger partial charge on any atom is 0.264 e. The number of imide groups is 2. The Morgan fingerprint density at radius 1 is 0.877 bits per heavy atom. The summed E-state index contributed by atoms with van der Waals surface area (Å²) in [5, 5.41) is 12.4. The number of hydrogen-bond donors (Lipinski definition) is 3. The van der Waals surface area contributed by atoms with Gasteiger partial charge in [0.15, 0.2) is 5.72 Å². The highest BCUT2D eigenvalue weighted by Gasteiger charge is 2.55. The third kappa shape index (κ3) is 6.05. The van der Waals surface area contributed by atoms with Gasteiger partial charge in [-0.25, -0.2) is 0 Å². The molecule has 6 amide bonds. The topological polar surface area (TPSA) is 192 Å². The van der Waals surface area contributed by atoms with E-state index in [1.165, 1.54) is 0 Å². The number of benzene rings is 4. The van der Waals surface area contributed by atoms with Gasteiger partial charge < -0.3 is 43.6 Å². The number of anilines is 1. The molecular formula is C48H47N7O10. The molecule has 1 unspecified atom stereocenters. The first-order chi connectivity index (χ1) is 31.5. The zero-order chi connectivity index (χ0) is 44.9. The molecule has 0 aliphatic carbocycles. The van der Waals surface area contributed by atoms with Crippen LogP contribution in [-0.2, 0) is 45.6 Å². The summed E-state index contributed by atoms with van der Waals surface area (Å²) in [5.74, 6) is -2.45. The summed E-state index contributed by atoms with van der Waals surface area (Å²) in [4.78, 5) is 81.1. The average Bonchev–Trinajstić information content (AvgIpc) is 4.02. The minimum atomic E-state index is -1.07. The standard InChI is InChI=1S/C48H47N7O10/c1-48-43(62-3)33(23-36(65-48)53-30-13-6-4-9-25(30)39-40-28(24-50-45(40)59)37-26-10-5-7-14-31(26)55(48)42(37)41(39)53)52(2)35(57)17-19-63-21-22-64-20-18-49-29-12-8-11-27-38(29)47(61)54(46(27)60)32-15-16-34(56)51-44(32)58/h4-14,32-33,36,43,49H,15-24H2,1-3H3,(H,50,59)(H,51,56,58)/t32?,33-,36-,43-,48+/m1/s1. The number of hydrogen-bond acceptors (Lipinski definition) is 11. The van der Waals surface area contributed by atoms with Gasteiger partial charge in [0, 0.05) is 67.3 Å². The van der Waals surface area contributed by atoms with Crippen LogP contribution in [0.25, 0.3) is 43.6 Å². The lowest BCUT2D eigenvalue weighted by molar-refractivity contribution is -0.266. The van der Waals surface area contributed by atoms with Gasteiger partial charge >= 0.3 is 0 Å². The van der Waals surface area contributed by atoms with Crippen LogP contribution in [0.5, 0.6) is 0 Å². The number of methoxy groups -OCH3 is 1. The van der Waals surface area contributed by atoms with Crippen molar-refractivity contribution < 1.29 is 47.7 Å². The van der Waals surface area contributed by atoms with Gasteiger partial charge in [-0.1, -0.05) is 42.5 Å². The largest absolute Gasteiger partial charge is 0.382 e. The van der Waals surface area contributed by atoms with Crippen molar-refractivity contribution in [1.82, 2.24) is 29.6 Å². The molecule has 5 aliphatic heterocycles. The van der Waals surface area contributed by atoms with E-state index in [1.54, 1.807) is 30.2 Å². The van der Waals surface area contributed by atoms with E-state index in [-0.39, 0.29) is 68.6 Å². The van der Waals surface area contributed by atoms with E-state index >= 15 is 0 Å². The quantitative estimate of drug-likeness (QED) is 0.109. The van der Waals surface area contributed by atoms with Crippen LogP contribution in [0.1, 0.15) is 75.5 Å². The lowest BCUT2D eigenvalue weighted by atomic mass is 9.91. The molecule has 3 N–H and O–H groups in total. The first kappa shape index (κ1) is 41.1. The first-order valence-corrected chi connectivity index (χ1v) is 22.0. The Bertz CT molecular complexity index is 3070. The van der Waals surface area contributed by atoms with Crippen molar-refractivity contribution in [3.63, 3.8) is 0 Å². The second kappa shape index (κ2) is 15.5. The Balaban J connectivity index is 0.752. The van der Waals surface area contributed by atoms with Crippen LogP contribution in [0.4, 0.5) is 5.69 Å². The molecule has 2 aromatic heterocycles. The van der Waals surface area contributed by atoms with Crippen molar-refractivity contribution in [2.45, 2.75) is 69.3 Å². The fourth-order valence-corrected chi connectivity index (χ4v) is 11.2. The molecule has 65 heavy (non-hydrogen) atoms. The summed E-state index contributed by atoms with van der Waals surface area (Å²) in [6, 6.07) is 19.8. The normalized spacial score (nSPS) is 23.4. The van der Waals surface area contributed by atoms with Gasteiger partial charge in [0.05, 0.1) is 77.6 Å². The molecule has 0 spiro atoms. The van der Waals surface area contributed by atoms with Crippen LogP contribution >= 0.6 is 0 Å². The molecule has 0 saturated carbocycles. The summed E-state index contributed by atoms with van der Waals surface area (Å²) in [5.41, 5.74) is 5.25. The van der Waals surface area contributed by atoms with Crippen LogP contribution in [0.3, 0.4) is 0 Å². The van der Waals surface area contributed by atoms with E-state index in [0.29, 0.717) is 30.8 Å². The van der Waals surface area contributed by atoms with Crippen molar-refractivity contribution in [2.24, 2.45) is 0 Å². The first-order valence-electron chi connectivity index (χ1n) is 22.0. The number of rotatable bonds is 13. The smallest absolute Gasteiger partial charge is 0.264 e. The fourth-order valence-electron chi connectivity index (χ4n) is 11.2. The third-order valence-electron chi connectivity index (χ3n) is 14.0. The van der Waals surface area contributed by atoms with Crippen LogP contribution in [0, 0.1) is 0 Å². The van der Waals surface area contributed by atoms with Gasteiger partial charge in [0.1, 0.15) is 18.4 Å². The zero-order valence-electron chi connectivity index (χ0n) is 36.1. The molecular weight excluding hydrogens is 835 g/mol. The minimum absolute atomic E-state index is 0.0432. The fraction of sp³-hybridized carbons (Fsp3) is 0.375. The number of fused-ring (bicyclic) bond motifs is 14. The molecule has 5 atom stereocenters. The van der Waals surface area contributed by atoms with Gasteiger partial charge in [-0.15, -0.1) is 0 Å². The van der Waals surface area contributed by atoms with E-state index in [1.807, 2.05) is 38.2 Å².